The van der Waals surface area contributed by atoms with E-state index < -0.39 is 0 Å². The first-order valence-corrected chi connectivity index (χ1v) is 8.22. The summed E-state index contributed by atoms with van der Waals surface area (Å²) in [6.45, 7) is 4.34. The van der Waals surface area contributed by atoms with Crippen molar-refractivity contribution in [2.75, 3.05) is 26.2 Å². The normalized spacial score (nSPS) is 14.9. The molecule has 1 saturated heterocycles. The van der Waals surface area contributed by atoms with E-state index in [9.17, 15) is 9.59 Å². The van der Waals surface area contributed by atoms with Crippen LogP contribution in [0.5, 0.6) is 0 Å². The molecule has 2 aromatic rings. The highest BCUT2D eigenvalue weighted by Gasteiger charge is 2.20. The first-order chi connectivity index (χ1) is 12.1. The summed E-state index contributed by atoms with van der Waals surface area (Å²) in [7, 11) is 0. The Morgan fingerprint density at radius 1 is 1.20 bits per heavy atom. The largest absolute Gasteiger partial charge is 0.341 e. The monoisotopic (exact) mass is 343 g/mol. The van der Waals surface area contributed by atoms with Crippen LogP contribution in [0, 0.1) is 0 Å². The Kier molecular flexibility index (Phi) is 5.22. The van der Waals surface area contributed by atoms with Gasteiger partial charge in [-0.15, -0.1) is 0 Å². The van der Waals surface area contributed by atoms with Gasteiger partial charge >= 0.3 is 6.03 Å². The molecule has 1 N–H and O–H groups in total. The van der Waals surface area contributed by atoms with E-state index >= 15 is 0 Å². The number of hydrogen-bond donors (Lipinski definition) is 1. The molecule has 0 saturated carbocycles. The Hall–Kier alpha value is -2.97. The lowest BCUT2D eigenvalue weighted by atomic mass is 10.2. The highest BCUT2D eigenvalue weighted by Crippen LogP contribution is 2.10. The molecule has 1 fully saturated rings. The Morgan fingerprint density at radius 2 is 2.00 bits per heavy atom. The zero-order chi connectivity index (χ0) is 17.6. The molecule has 0 bridgehead atoms. The Bertz CT molecular complexity index is 732. The molecule has 1 aliphatic rings. The Labute approximate surface area is 145 Å². The average molecular weight is 343 g/mol. The molecule has 1 aliphatic heterocycles. The molecular weight excluding hydrogens is 322 g/mol. The van der Waals surface area contributed by atoms with E-state index in [1.807, 2.05) is 12.1 Å². The molecule has 132 valence electrons. The third kappa shape index (κ3) is 4.11. The van der Waals surface area contributed by atoms with E-state index in [4.69, 9.17) is 0 Å². The number of pyridine rings is 1. The lowest BCUT2D eigenvalue weighted by Gasteiger charge is -2.22. The molecule has 0 unspecified atom stereocenters. The van der Waals surface area contributed by atoms with Gasteiger partial charge in [-0.1, -0.05) is 6.07 Å². The highest BCUT2D eigenvalue weighted by atomic mass is 16.2. The lowest BCUT2D eigenvalue weighted by Crippen LogP contribution is -2.42. The summed E-state index contributed by atoms with van der Waals surface area (Å²) >= 11 is 0. The molecule has 0 radical (unpaired) electrons. The number of urea groups is 1. The van der Waals surface area contributed by atoms with Crippen LogP contribution in [0.2, 0.25) is 0 Å². The van der Waals surface area contributed by atoms with Gasteiger partial charge in [-0.05, 0) is 12.5 Å². The molecule has 0 spiro atoms. The van der Waals surface area contributed by atoms with E-state index in [2.05, 4.69) is 20.4 Å². The van der Waals surface area contributed by atoms with E-state index in [0.29, 0.717) is 38.5 Å². The van der Waals surface area contributed by atoms with Crippen molar-refractivity contribution >= 4 is 11.9 Å². The van der Waals surface area contributed by atoms with Gasteiger partial charge in [0, 0.05) is 51.4 Å². The van der Waals surface area contributed by atoms with Crippen LogP contribution in [0.25, 0.3) is 5.82 Å². The third-order valence-corrected chi connectivity index (χ3v) is 4.16. The zero-order valence-electron chi connectivity index (χ0n) is 14.1. The molecule has 3 rings (SSSR count). The summed E-state index contributed by atoms with van der Waals surface area (Å²) in [5.74, 6) is 0.689. The van der Waals surface area contributed by atoms with E-state index in [-0.39, 0.29) is 11.9 Å². The van der Waals surface area contributed by atoms with Crippen LogP contribution in [0.1, 0.15) is 18.9 Å². The van der Waals surface area contributed by atoms with Crippen molar-refractivity contribution in [1.29, 1.82) is 0 Å². The molecule has 2 aromatic heterocycles. The van der Waals surface area contributed by atoms with Crippen LogP contribution < -0.4 is 5.32 Å². The first-order valence-electron chi connectivity index (χ1n) is 8.22. The summed E-state index contributed by atoms with van der Waals surface area (Å²) < 4.78 is 1.57. The van der Waals surface area contributed by atoms with Gasteiger partial charge in [-0.25, -0.2) is 19.4 Å². The zero-order valence-corrected chi connectivity index (χ0v) is 14.1. The number of amides is 3. The van der Waals surface area contributed by atoms with Crippen LogP contribution in [0.4, 0.5) is 4.79 Å². The fourth-order valence-corrected chi connectivity index (χ4v) is 2.81. The Balaban J connectivity index is 1.61. The summed E-state index contributed by atoms with van der Waals surface area (Å²) in [6, 6.07) is 3.57. The topological polar surface area (TPSA) is 96.2 Å². The third-order valence-electron chi connectivity index (χ3n) is 4.16. The smallest absolute Gasteiger partial charge is 0.317 e. The second-order valence-corrected chi connectivity index (χ2v) is 5.83. The van der Waals surface area contributed by atoms with Gasteiger partial charge in [-0.2, -0.15) is 5.10 Å². The molecule has 25 heavy (non-hydrogen) atoms. The summed E-state index contributed by atoms with van der Waals surface area (Å²) in [6.07, 6.45) is 5.46. The second-order valence-electron chi connectivity index (χ2n) is 5.83. The predicted octanol–water partition coefficient (Wildman–Crippen LogP) is 0.426. The molecular formula is C16H21N7O2. The molecule has 0 atom stereocenters. The maximum Gasteiger partial charge on any atom is 0.317 e. The quantitative estimate of drug-likeness (QED) is 0.872. The number of carbonyl (C=O) groups excluding carboxylic acids is 2. The predicted molar refractivity (Wildman–Crippen MR) is 89.8 cm³/mol. The van der Waals surface area contributed by atoms with Gasteiger partial charge < -0.3 is 15.1 Å². The summed E-state index contributed by atoms with van der Waals surface area (Å²) in [5.41, 5.74) is 0.849. The SMILES string of the molecule is CC(=O)N1CCCN(C(=O)NCc2cccnc2-n2cncn2)CC1. The van der Waals surface area contributed by atoms with Gasteiger partial charge in [0.25, 0.3) is 0 Å². The van der Waals surface area contributed by atoms with Crippen molar-refractivity contribution in [2.45, 2.75) is 19.9 Å². The molecule has 9 nitrogen and oxygen atoms in total. The fraction of sp³-hybridized carbons (Fsp3) is 0.438. The summed E-state index contributed by atoms with van der Waals surface area (Å²) in [4.78, 5) is 35.7. The number of hydrogen-bond acceptors (Lipinski definition) is 5. The fourth-order valence-electron chi connectivity index (χ4n) is 2.81. The van der Waals surface area contributed by atoms with Gasteiger partial charge in [0.2, 0.25) is 5.91 Å². The minimum absolute atomic E-state index is 0.0510. The lowest BCUT2D eigenvalue weighted by molar-refractivity contribution is -0.128. The molecule has 9 heteroatoms. The maximum absolute atomic E-state index is 12.5. The van der Waals surface area contributed by atoms with Gasteiger partial charge in [0.1, 0.15) is 12.7 Å². The minimum atomic E-state index is -0.140. The number of nitrogens with one attached hydrogen (secondary N) is 1. The molecule has 0 aliphatic carbocycles. The van der Waals surface area contributed by atoms with E-state index in [1.54, 1.807) is 33.9 Å². The van der Waals surface area contributed by atoms with Crippen molar-refractivity contribution < 1.29 is 9.59 Å². The Morgan fingerprint density at radius 3 is 2.76 bits per heavy atom. The standard InChI is InChI=1S/C16H21N7O2/c1-13(24)21-6-3-7-22(9-8-21)16(25)19-10-14-4-2-5-18-15(14)23-12-17-11-20-23/h2,4-5,11-12H,3,6-10H2,1H3,(H,19,25). The number of nitrogens with zero attached hydrogens (tertiary/aromatic N) is 6. The molecule has 0 aromatic carbocycles. The average Bonchev–Trinajstić information content (AvgIpc) is 3.03. The van der Waals surface area contributed by atoms with E-state index in [1.165, 1.54) is 6.33 Å². The van der Waals surface area contributed by atoms with Crippen molar-refractivity contribution in [2.24, 2.45) is 0 Å². The maximum atomic E-state index is 12.5. The summed E-state index contributed by atoms with van der Waals surface area (Å²) in [5, 5.41) is 7.01. The van der Waals surface area contributed by atoms with Crippen LogP contribution in [0.15, 0.2) is 31.0 Å². The number of rotatable bonds is 3. The van der Waals surface area contributed by atoms with Crippen molar-refractivity contribution in [1.82, 2.24) is 34.9 Å². The van der Waals surface area contributed by atoms with Crippen LogP contribution in [-0.2, 0) is 11.3 Å². The number of aromatic nitrogens is 4. The minimum Gasteiger partial charge on any atom is -0.341 e. The molecule has 3 amide bonds. The van der Waals surface area contributed by atoms with Crippen LogP contribution >= 0.6 is 0 Å². The van der Waals surface area contributed by atoms with Gasteiger partial charge in [0.15, 0.2) is 5.82 Å². The first kappa shape index (κ1) is 16.9. The highest BCUT2D eigenvalue weighted by molar-refractivity contribution is 5.75. The van der Waals surface area contributed by atoms with E-state index in [0.717, 1.165) is 12.0 Å². The van der Waals surface area contributed by atoms with Crippen molar-refractivity contribution in [3.05, 3.63) is 36.5 Å². The van der Waals surface area contributed by atoms with Gasteiger partial charge in [-0.3, -0.25) is 4.79 Å². The van der Waals surface area contributed by atoms with Gasteiger partial charge in [0.05, 0.1) is 0 Å². The molecule has 3 heterocycles. The van der Waals surface area contributed by atoms with Crippen LogP contribution in [-0.4, -0.2) is 67.7 Å². The van der Waals surface area contributed by atoms with Crippen LogP contribution in [0.3, 0.4) is 0 Å². The van der Waals surface area contributed by atoms with Crippen molar-refractivity contribution in [3.63, 3.8) is 0 Å². The second kappa shape index (κ2) is 7.73. The van der Waals surface area contributed by atoms with Crippen molar-refractivity contribution in [3.8, 4) is 5.82 Å². The number of carbonyl (C=O) groups is 2.